The molecule has 1 aliphatic heterocycles. The van der Waals surface area contributed by atoms with Gasteiger partial charge in [-0.05, 0) is 43.0 Å². The van der Waals surface area contributed by atoms with E-state index in [4.69, 9.17) is 4.74 Å². The van der Waals surface area contributed by atoms with Crippen molar-refractivity contribution in [1.29, 1.82) is 0 Å². The third-order valence-electron chi connectivity index (χ3n) is 6.33. The predicted molar refractivity (Wildman–Crippen MR) is 135 cm³/mol. The third-order valence-corrected chi connectivity index (χ3v) is 8.25. The van der Waals surface area contributed by atoms with Crippen LogP contribution in [0.2, 0.25) is 0 Å². The van der Waals surface area contributed by atoms with Gasteiger partial charge in [0, 0.05) is 18.7 Å². The summed E-state index contributed by atoms with van der Waals surface area (Å²) in [5.74, 6) is 0.506. The Kier molecular flexibility index (Phi) is 7.87. The Morgan fingerprint density at radius 1 is 1.11 bits per heavy atom. The van der Waals surface area contributed by atoms with Gasteiger partial charge in [0.15, 0.2) is 0 Å². The molecule has 1 saturated heterocycles. The van der Waals surface area contributed by atoms with Crippen LogP contribution in [0.4, 0.5) is 0 Å². The molecule has 2 N–H and O–H groups in total. The molecule has 1 aromatic heterocycles. The first-order valence-corrected chi connectivity index (χ1v) is 13.5. The topological polar surface area (TPSA) is 104 Å². The van der Waals surface area contributed by atoms with Crippen LogP contribution in [0.25, 0.3) is 11.3 Å². The van der Waals surface area contributed by atoms with Crippen LogP contribution in [0.1, 0.15) is 61.3 Å². The van der Waals surface area contributed by atoms with Gasteiger partial charge >= 0.3 is 0 Å². The second kappa shape index (κ2) is 11.0. The van der Waals surface area contributed by atoms with E-state index in [-0.39, 0.29) is 28.2 Å². The maximum absolute atomic E-state index is 13.4. The smallest absolute Gasteiger partial charge is 0.251 e. The Hall–Kier alpha value is -3.17. The molecule has 0 radical (unpaired) electrons. The molecule has 3 aromatic rings. The fourth-order valence-corrected chi connectivity index (χ4v) is 6.02. The van der Waals surface area contributed by atoms with Gasteiger partial charge < -0.3 is 15.0 Å². The minimum absolute atomic E-state index is 0.0203. The Morgan fingerprint density at radius 3 is 2.49 bits per heavy atom. The number of rotatable bonds is 8. The van der Waals surface area contributed by atoms with Crippen molar-refractivity contribution < 1.29 is 17.9 Å². The van der Waals surface area contributed by atoms with Crippen LogP contribution in [0.3, 0.4) is 0 Å². The number of sulfonamides is 1. The highest BCUT2D eigenvalue weighted by molar-refractivity contribution is 7.89. The molecule has 1 unspecified atom stereocenters. The van der Waals surface area contributed by atoms with Gasteiger partial charge in [-0.15, -0.1) is 0 Å². The van der Waals surface area contributed by atoms with Crippen molar-refractivity contribution in [2.75, 3.05) is 20.2 Å². The molecule has 1 aliphatic rings. The number of aromatic amines is 1. The van der Waals surface area contributed by atoms with E-state index in [9.17, 15) is 13.2 Å². The number of hydrogen-bond acceptors (Lipinski definition) is 5. The fourth-order valence-electron chi connectivity index (χ4n) is 4.32. The van der Waals surface area contributed by atoms with Crippen molar-refractivity contribution in [3.05, 3.63) is 66.1 Å². The molecule has 9 heteroatoms. The molecular weight excluding hydrogens is 464 g/mol. The highest BCUT2D eigenvalue weighted by atomic mass is 32.2. The molecule has 2 aromatic carbocycles. The second-order valence-electron chi connectivity index (χ2n) is 8.67. The summed E-state index contributed by atoms with van der Waals surface area (Å²) in [5, 5.41) is 2.99. The molecule has 0 bridgehead atoms. The third kappa shape index (κ3) is 5.57. The van der Waals surface area contributed by atoms with E-state index in [1.54, 1.807) is 18.3 Å². The quantitative estimate of drug-likeness (QED) is 0.477. The number of carbonyl (C=O) groups is 1. The normalized spacial score (nSPS) is 15.8. The van der Waals surface area contributed by atoms with Gasteiger partial charge in [0.1, 0.15) is 16.5 Å². The number of hydrogen-bond donors (Lipinski definition) is 2. The van der Waals surface area contributed by atoms with Crippen LogP contribution in [0.15, 0.2) is 59.6 Å². The average Bonchev–Trinajstić information content (AvgIpc) is 3.21. The van der Waals surface area contributed by atoms with E-state index in [1.165, 1.54) is 17.5 Å². The van der Waals surface area contributed by atoms with E-state index in [0.717, 1.165) is 36.9 Å². The van der Waals surface area contributed by atoms with E-state index in [0.29, 0.717) is 25.3 Å². The summed E-state index contributed by atoms with van der Waals surface area (Å²) in [6.45, 7) is 2.91. The number of aromatic nitrogens is 2. The van der Waals surface area contributed by atoms with Gasteiger partial charge in [0.2, 0.25) is 10.0 Å². The summed E-state index contributed by atoms with van der Waals surface area (Å²) in [6, 6.07) is 14.0. The average molecular weight is 497 g/mol. The van der Waals surface area contributed by atoms with Gasteiger partial charge in [-0.1, -0.05) is 50.1 Å². The minimum atomic E-state index is -3.79. The lowest BCUT2D eigenvalue weighted by molar-refractivity contribution is 0.0933. The van der Waals surface area contributed by atoms with Crippen molar-refractivity contribution in [3.8, 4) is 17.0 Å². The zero-order chi connectivity index (χ0) is 24.8. The van der Waals surface area contributed by atoms with Gasteiger partial charge in [0.25, 0.3) is 5.91 Å². The van der Waals surface area contributed by atoms with Crippen molar-refractivity contribution in [2.24, 2.45) is 0 Å². The molecule has 1 atom stereocenters. The Balaban J connectivity index is 1.57. The number of nitrogens with one attached hydrogen (secondary N) is 2. The van der Waals surface area contributed by atoms with E-state index in [1.807, 2.05) is 37.3 Å². The molecular formula is C26H32N4O4S. The SMILES string of the molecule is CCC(NC(=O)c1ccc(OC)c(S(=O)(=O)N2CCCCCC2)c1)c1ncc(-c2ccccc2)[nH]1. The summed E-state index contributed by atoms with van der Waals surface area (Å²) in [4.78, 5) is 21.0. The van der Waals surface area contributed by atoms with Gasteiger partial charge in [-0.25, -0.2) is 13.4 Å². The largest absolute Gasteiger partial charge is 0.495 e. The molecule has 0 saturated carbocycles. The maximum atomic E-state index is 13.4. The fraction of sp³-hybridized carbons (Fsp3) is 0.385. The molecule has 186 valence electrons. The summed E-state index contributed by atoms with van der Waals surface area (Å²) < 4.78 is 33.7. The zero-order valence-corrected chi connectivity index (χ0v) is 21.0. The van der Waals surface area contributed by atoms with Crippen molar-refractivity contribution in [1.82, 2.24) is 19.6 Å². The van der Waals surface area contributed by atoms with Crippen molar-refractivity contribution in [3.63, 3.8) is 0 Å². The van der Waals surface area contributed by atoms with Crippen LogP contribution >= 0.6 is 0 Å². The Bertz CT molecular complexity index is 1250. The lowest BCUT2D eigenvalue weighted by Gasteiger charge is -2.22. The number of H-pyrrole nitrogens is 1. The number of ether oxygens (including phenoxy) is 1. The van der Waals surface area contributed by atoms with Gasteiger partial charge in [-0.2, -0.15) is 4.31 Å². The van der Waals surface area contributed by atoms with Crippen LogP contribution in [-0.4, -0.2) is 48.8 Å². The highest BCUT2D eigenvalue weighted by Gasteiger charge is 2.29. The van der Waals surface area contributed by atoms with Crippen LogP contribution in [0, 0.1) is 0 Å². The van der Waals surface area contributed by atoms with E-state index in [2.05, 4.69) is 15.3 Å². The van der Waals surface area contributed by atoms with E-state index < -0.39 is 10.0 Å². The number of methoxy groups -OCH3 is 1. The predicted octanol–water partition coefficient (Wildman–Crippen LogP) is 4.53. The van der Waals surface area contributed by atoms with Crippen LogP contribution in [-0.2, 0) is 10.0 Å². The lowest BCUT2D eigenvalue weighted by Crippen LogP contribution is -2.33. The number of amides is 1. The molecule has 1 fully saturated rings. The summed E-state index contributed by atoms with van der Waals surface area (Å²) >= 11 is 0. The van der Waals surface area contributed by atoms with Crippen molar-refractivity contribution in [2.45, 2.75) is 50.0 Å². The Morgan fingerprint density at radius 2 is 1.83 bits per heavy atom. The number of benzene rings is 2. The first-order valence-electron chi connectivity index (χ1n) is 12.0. The summed E-state index contributed by atoms with van der Waals surface area (Å²) in [6.07, 6.45) is 6.05. The van der Waals surface area contributed by atoms with Crippen LogP contribution in [0.5, 0.6) is 5.75 Å². The first-order chi connectivity index (χ1) is 16.9. The number of carbonyl (C=O) groups excluding carboxylic acids is 1. The lowest BCUT2D eigenvalue weighted by atomic mass is 10.1. The molecule has 35 heavy (non-hydrogen) atoms. The maximum Gasteiger partial charge on any atom is 0.251 e. The standard InChI is InChI=1S/C26H32N4O4S/c1-3-21(25-27-18-22(28-25)19-11-7-6-8-12-19)29-26(31)20-13-14-23(34-2)24(17-20)35(32,33)30-15-9-4-5-10-16-30/h6-8,11-14,17-18,21H,3-5,9-10,15-16H2,1-2H3,(H,27,28)(H,29,31). The van der Waals surface area contributed by atoms with Crippen molar-refractivity contribution >= 4 is 15.9 Å². The molecule has 0 spiro atoms. The highest BCUT2D eigenvalue weighted by Crippen LogP contribution is 2.30. The minimum Gasteiger partial charge on any atom is -0.495 e. The van der Waals surface area contributed by atoms with E-state index >= 15 is 0 Å². The first kappa shape index (κ1) is 24.9. The molecule has 4 rings (SSSR count). The Labute approximate surface area is 206 Å². The summed E-state index contributed by atoms with van der Waals surface area (Å²) in [7, 11) is -2.35. The monoisotopic (exact) mass is 496 g/mol. The van der Waals surface area contributed by atoms with Gasteiger partial charge in [0.05, 0.1) is 25.0 Å². The summed E-state index contributed by atoms with van der Waals surface area (Å²) in [5.41, 5.74) is 2.13. The molecule has 8 nitrogen and oxygen atoms in total. The molecule has 1 amide bonds. The molecule has 0 aliphatic carbocycles. The zero-order valence-electron chi connectivity index (χ0n) is 20.2. The van der Waals surface area contributed by atoms with Crippen LogP contribution < -0.4 is 10.1 Å². The number of imidazole rings is 1. The number of nitrogens with zero attached hydrogens (tertiary/aromatic N) is 2. The second-order valence-corrected chi connectivity index (χ2v) is 10.6. The van der Waals surface area contributed by atoms with Gasteiger partial charge in [-0.3, -0.25) is 4.79 Å². The molecule has 2 heterocycles.